The summed E-state index contributed by atoms with van der Waals surface area (Å²) in [6.45, 7) is 10.1. The van der Waals surface area contributed by atoms with Gasteiger partial charge in [0.05, 0.1) is 13.2 Å². The molecule has 0 heterocycles. The van der Waals surface area contributed by atoms with E-state index in [0.717, 1.165) is 30.3 Å². The lowest BCUT2D eigenvalue weighted by Crippen LogP contribution is -2.24. The third-order valence-corrected chi connectivity index (χ3v) is 2.91. The van der Waals surface area contributed by atoms with E-state index in [-0.39, 0.29) is 0 Å². The number of ether oxygens (including phenoxy) is 1. The zero-order valence-electron chi connectivity index (χ0n) is 11.6. The van der Waals surface area contributed by atoms with Crippen LogP contribution in [0.15, 0.2) is 24.3 Å². The van der Waals surface area contributed by atoms with Crippen molar-refractivity contribution in [2.45, 2.75) is 33.8 Å². The van der Waals surface area contributed by atoms with Gasteiger partial charge in [-0.05, 0) is 36.1 Å². The summed E-state index contributed by atoms with van der Waals surface area (Å²) >= 11 is 5.82. The molecular formula is C15H24ClNO. The van der Waals surface area contributed by atoms with E-state index in [9.17, 15) is 0 Å². The molecule has 1 aromatic rings. The molecule has 1 aromatic carbocycles. The van der Waals surface area contributed by atoms with Crippen LogP contribution in [0.4, 0.5) is 0 Å². The Labute approximate surface area is 116 Å². The summed E-state index contributed by atoms with van der Waals surface area (Å²) in [6, 6.07) is 7.77. The van der Waals surface area contributed by atoms with E-state index in [4.69, 9.17) is 16.3 Å². The Balaban J connectivity index is 2.00. The quantitative estimate of drug-likeness (QED) is 0.759. The Morgan fingerprint density at radius 3 is 2.39 bits per heavy atom. The topological polar surface area (TPSA) is 21.3 Å². The van der Waals surface area contributed by atoms with Crippen LogP contribution < -0.4 is 5.32 Å². The molecule has 0 bridgehead atoms. The highest BCUT2D eigenvalue weighted by atomic mass is 35.5. The van der Waals surface area contributed by atoms with Crippen molar-refractivity contribution in [1.82, 2.24) is 5.32 Å². The molecule has 0 aromatic heterocycles. The summed E-state index contributed by atoms with van der Waals surface area (Å²) in [5.41, 5.74) is 1.56. The van der Waals surface area contributed by atoms with Gasteiger partial charge in [0, 0.05) is 11.6 Å². The van der Waals surface area contributed by atoms with Crippen LogP contribution in [0.25, 0.3) is 0 Å². The lowest BCUT2D eigenvalue weighted by Gasteiger charge is -2.18. The van der Waals surface area contributed by atoms with Gasteiger partial charge in [-0.15, -0.1) is 0 Å². The van der Waals surface area contributed by atoms with Crippen LogP contribution in [0.2, 0.25) is 5.02 Å². The highest BCUT2D eigenvalue weighted by molar-refractivity contribution is 6.30. The Morgan fingerprint density at radius 2 is 1.78 bits per heavy atom. The maximum Gasteiger partial charge on any atom is 0.0717 e. The van der Waals surface area contributed by atoms with Crippen molar-refractivity contribution in [2.24, 2.45) is 5.41 Å². The summed E-state index contributed by atoms with van der Waals surface area (Å²) in [5.74, 6) is 0. The van der Waals surface area contributed by atoms with Crippen molar-refractivity contribution >= 4 is 11.6 Å². The van der Waals surface area contributed by atoms with Gasteiger partial charge in [-0.2, -0.15) is 0 Å². The molecule has 0 saturated carbocycles. The minimum Gasteiger partial charge on any atom is -0.375 e. The van der Waals surface area contributed by atoms with Gasteiger partial charge in [-0.3, -0.25) is 0 Å². The third-order valence-electron chi connectivity index (χ3n) is 2.66. The molecule has 0 fully saturated rings. The van der Waals surface area contributed by atoms with Crippen molar-refractivity contribution in [1.29, 1.82) is 0 Å². The van der Waals surface area contributed by atoms with Gasteiger partial charge in [-0.25, -0.2) is 0 Å². The Morgan fingerprint density at radius 1 is 1.11 bits per heavy atom. The second-order valence-corrected chi connectivity index (χ2v) is 6.18. The van der Waals surface area contributed by atoms with Crippen molar-refractivity contribution in [3.8, 4) is 0 Å². The van der Waals surface area contributed by atoms with Crippen LogP contribution in [-0.4, -0.2) is 19.7 Å². The molecule has 0 unspecified atom stereocenters. The van der Waals surface area contributed by atoms with Gasteiger partial charge in [0.2, 0.25) is 0 Å². The number of nitrogens with one attached hydrogen (secondary N) is 1. The van der Waals surface area contributed by atoms with E-state index in [1.165, 1.54) is 6.42 Å². The number of hydrogen-bond acceptors (Lipinski definition) is 2. The van der Waals surface area contributed by atoms with E-state index >= 15 is 0 Å². The van der Waals surface area contributed by atoms with E-state index in [0.29, 0.717) is 12.0 Å². The van der Waals surface area contributed by atoms with E-state index < -0.39 is 0 Å². The predicted molar refractivity (Wildman–Crippen MR) is 78.0 cm³/mol. The second-order valence-electron chi connectivity index (χ2n) is 5.74. The van der Waals surface area contributed by atoms with Crippen LogP contribution in [0.5, 0.6) is 0 Å². The van der Waals surface area contributed by atoms with Crippen LogP contribution in [0, 0.1) is 5.41 Å². The molecule has 0 amide bonds. The molecule has 0 aliphatic heterocycles. The van der Waals surface area contributed by atoms with E-state index in [1.807, 2.05) is 24.3 Å². The minimum absolute atomic E-state index is 0.400. The molecule has 0 saturated heterocycles. The smallest absolute Gasteiger partial charge is 0.0717 e. The van der Waals surface area contributed by atoms with Crippen LogP contribution >= 0.6 is 11.6 Å². The molecule has 18 heavy (non-hydrogen) atoms. The zero-order chi connectivity index (χ0) is 13.4. The highest BCUT2D eigenvalue weighted by Gasteiger charge is 2.08. The lowest BCUT2D eigenvalue weighted by atomic mass is 9.92. The van der Waals surface area contributed by atoms with Crippen molar-refractivity contribution in [3.63, 3.8) is 0 Å². The number of rotatable bonds is 7. The molecular weight excluding hydrogens is 246 g/mol. The SMILES string of the molecule is CC(C)(C)CCNCCOCc1ccc(Cl)cc1. The fourth-order valence-electron chi connectivity index (χ4n) is 1.50. The Hall–Kier alpha value is -0.570. The van der Waals surface area contributed by atoms with Gasteiger partial charge in [0.1, 0.15) is 0 Å². The van der Waals surface area contributed by atoms with Crippen LogP contribution in [0.3, 0.4) is 0 Å². The first kappa shape index (κ1) is 15.5. The van der Waals surface area contributed by atoms with Crippen molar-refractivity contribution < 1.29 is 4.74 Å². The second kappa shape index (κ2) is 7.78. The molecule has 0 spiro atoms. The molecule has 3 heteroatoms. The summed E-state index contributed by atoms with van der Waals surface area (Å²) in [6.07, 6.45) is 1.18. The first-order valence-electron chi connectivity index (χ1n) is 6.50. The number of halogens is 1. The highest BCUT2D eigenvalue weighted by Crippen LogP contribution is 2.16. The third kappa shape index (κ3) is 7.70. The average Bonchev–Trinajstić information content (AvgIpc) is 2.29. The average molecular weight is 270 g/mol. The zero-order valence-corrected chi connectivity index (χ0v) is 12.4. The normalized spacial score (nSPS) is 11.8. The van der Waals surface area contributed by atoms with Crippen LogP contribution in [-0.2, 0) is 11.3 Å². The molecule has 0 atom stereocenters. The fourth-order valence-corrected chi connectivity index (χ4v) is 1.63. The molecule has 1 N–H and O–H groups in total. The van der Waals surface area contributed by atoms with Gasteiger partial charge >= 0.3 is 0 Å². The van der Waals surface area contributed by atoms with Gasteiger partial charge in [0.25, 0.3) is 0 Å². The maximum atomic E-state index is 5.82. The minimum atomic E-state index is 0.400. The van der Waals surface area contributed by atoms with Crippen LogP contribution in [0.1, 0.15) is 32.8 Å². The number of hydrogen-bond donors (Lipinski definition) is 1. The van der Waals surface area contributed by atoms with Gasteiger partial charge < -0.3 is 10.1 Å². The standard InChI is InChI=1S/C15H24ClNO/c1-15(2,3)8-9-17-10-11-18-12-13-4-6-14(16)7-5-13/h4-7,17H,8-12H2,1-3H3. The van der Waals surface area contributed by atoms with Gasteiger partial charge in [-0.1, -0.05) is 44.5 Å². The van der Waals surface area contributed by atoms with Crippen molar-refractivity contribution in [2.75, 3.05) is 19.7 Å². The summed E-state index contributed by atoms with van der Waals surface area (Å²) in [4.78, 5) is 0. The number of benzene rings is 1. The first-order chi connectivity index (χ1) is 8.47. The van der Waals surface area contributed by atoms with Gasteiger partial charge in [0.15, 0.2) is 0 Å². The molecule has 1 rings (SSSR count). The summed E-state index contributed by atoms with van der Waals surface area (Å²) in [5, 5.41) is 4.16. The molecule has 0 aliphatic carbocycles. The van der Waals surface area contributed by atoms with E-state index in [2.05, 4.69) is 26.1 Å². The molecule has 102 valence electrons. The summed E-state index contributed by atoms with van der Waals surface area (Å²) < 4.78 is 5.59. The first-order valence-corrected chi connectivity index (χ1v) is 6.88. The maximum absolute atomic E-state index is 5.82. The predicted octanol–water partition coefficient (Wildman–Crippen LogP) is 3.88. The lowest BCUT2D eigenvalue weighted by molar-refractivity contribution is 0.122. The van der Waals surface area contributed by atoms with E-state index in [1.54, 1.807) is 0 Å². The van der Waals surface area contributed by atoms with Crippen molar-refractivity contribution in [3.05, 3.63) is 34.9 Å². The molecule has 0 aliphatic rings. The molecule has 2 nitrogen and oxygen atoms in total. The Kier molecular flexibility index (Phi) is 6.69. The Bertz CT molecular complexity index is 329. The largest absolute Gasteiger partial charge is 0.375 e. The fraction of sp³-hybridized carbons (Fsp3) is 0.600. The monoisotopic (exact) mass is 269 g/mol. The molecule has 0 radical (unpaired) electrons. The summed E-state index contributed by atoms with van der Waals surface area (Å²) in [7, 11) is 0.